The molecule has 1 aliphatic heterocycles. The number of carbonyl (C=O) groups excluding carboxylic acids is 2. The van der Waals surface area contributed by atoms with Crippen molar-refractivity contribution in [2.75, 3.05) is 23.8 Å². The fourth-order valence-electron chi connectivity index (χ4n) is 2.54. The molecule has 2 N–H and O–H groups in total. The predicted molar refractivity (Wildman–Crippen MR) is 82.5 cm³/mol. The third-order valence-corrected chi connectivity index (χ3v) is 3.59. The van der Waals surface area contributed by atoms with E-state index in [2.05, 4.69) is 10.6 Å². The van der Waals surface area contributed by atoms with Crippen LogP contribution in [0.4, 0.5) is 11.4 Å². The van der Waals surface area contributed by atoms with Crippen LogP contribution in [0.25, 0.3) is 0 Å². The lowest BCUT2D eigenvalue weighted by molar-refractivity contribution is -0.118. The number of carbonyl (C=O) groups is 2. The molecule has 0 bridgehead atoms. The van der Waals surface area contributed by atoms with Crippen LogP contribution < -0.4 is 10.6 Å². The van der Waals surface area contributed by atoms with Gasteiger partial charge in [0.2, 0.25) is 11.8 Å². The average molecular weight is 290 g/mol. The molecule has 1 heterocycles. The van der Waals surface area contributed by atoms with E-state index in [1.54, 1.807) is 0 Å². The third-order valence-electron chi connectivity index (χ3n) is 3.59. The molecule has 0 fully saturated rings. The largest absolute Gasteiger partial charge is 0.381 e. The second-order valence-corrected chi connectivity index (χ2v) is 5.86. The molecule has 1 aliphatic rings. The van der Waals surface area contributed by atoms with E-state index in [4.69, 9.17) is 4.74 Å². The van der Waals surface area contributed by atoms with Gasteiger partial charge in [-0.3, -0.25) is 9.59 Å². The van der Waals surface area contributed by atoms with E-state index in [9.17, 15) is 9.59 Å². The summed E-state index contributed by atoms with van der Waals surface area (Å²) in [5.41, 5.74) is 2.37. The first kappa shape index (κ1) is 15.5. The minimum Gasteiger partial charge on any atom is -0.381 e. The van der Waals surface area contributed by atoms with Crippen LogP contribution in [0, 0.1) is 0 Å². The van der Waals surface area contributed by atoms with Crippen molar-refractivity contribution in [2.45, 2.75) is 39.0 Å². The van der Waals surface area contributed by atoms with Gasteiger partial charge in [-0.15, -0.1) is 0 Å². The van der Waals surface area contributed by atoms with Crippen molar-refractivity contribution >= 4 is 23.2 Å². The first-order valence-corrected chi connectivity index (χ1v) is 7.24. The second-order valence-electron chi connectivity index (χ2n) is 5.86. The highest BCUT2D eigenvalue weighted by Crippen LogP contribution is 2.38. The molecule has 5 nitrogen and oxygen atoms in total. The zero-order valence-electron chi connectivity index (χ0n) is 12.8. The molecule has 21 heavy (non-hydrogen) atoms. The molecule has 0 aromatic heterocycles. The van der Waals surface area contributed by atoms with Gasteiger partial charge in [0.15, 0.2) is 0 Å². The van der Waals surface area contributed by atoms with E-state index in [1.165, 1.54) is 0 Å². The molecule has 2 amide bonds. The molecule has 5 heteroatoms. The number of rotatable bonds is 5. The summed E-state index contributed by atoms with van der Waals surface area (Å²) in [4.78, 5) is 23.5. The molecule has 114 valence electrons. The van der Waals surface area contributed by atoms with Gasteiger partial charge < -0.3 is 15.4 Å². The molecule has 1 aromatic carbocycles. The highest BCUT2D eigenvalue weighted by atomic mass is 16.5. The maximum absolute atomic E-state index is 11.8. The third kappa shape index (κ3) is 3.82. The Labute approximate surface area is 125 Å². The normalized spacial score (nSPS) is 16.0. The van der Waals surface area contributed by atoms with Gasteiger partial charge in [0.25, 0.3) is 0 Å². The zero-order valence-corrected chi connectivity index (χ0v) is 12.8. The summed E-state index contributed by atoms with van der Waals surface area (Å²) in [6, 6.07) is 5.65. The summed E-state index contributed by atoms with van der Waals surface area (Å²) in [5.74, 6) is -0.0860. The van der Waals surface area contributed by atoms with E-state index < -0.39 is 0 Å². The van der Waals surface area contributed by atoms with E-state index >= 15 is 0 Å². The van der Waals surface area contributed by atoms with Crippen molar-refractivity contribution in [1.82, 2.24) is 0 Å². The van der Waals surface area contributed by atoms with Crippen molar-refractivity contribution in [2.24, 2.45) is 0 Å². The summed E-state index contributed by atoms with van der Waals surface area (Å²) >= 11 is 0. The highest BCUT2D eigenvalue weighted by Gasteiger charge is 2.31. The van der Waals surface area contributed by atoms with Gasteiger partial charge in [-0.25, -0.2) is 0 Å². The topological polar surface area (TPSA) is 67.4 Å². The summed E-state index contributed by atoms with van der Waals surface area (Å²) in [5, 5.41) is 5.69. The van der Waals surface area contributed by atoms with E-state index in [0.29, 0.717) is 31.7 Å². The Morgan fingerprint density at radius 3 is 2.90 bits per heavy atom. The van der Waals surface area contributed by atoms with Gasteiger partial charge in [-0.1, -0.05) is 19.9 Å². The Kier molecular flexibility index (Phi) is 4.63. The fourth-order valence-corrected chi connectivity index (χ4v) is 2.54. The van der Waals surface area contributed by atoms with Gasteiger partial charge in [-0.05, 0) is 24.6 Å². The van der Waals surface area contributed by atoms with Crippen LogP contribution in [0.2, 0.25) is 0 Å². The van der Waals surface area contributed by atoms with Crippen LogP contribution in [0.5, 0.6) is 0 Å². The van der Waals surface area contributed by atoms with Crippen LogP contribution in [-0.2, 0) is 19.7 Å². The quantitative estimate of drug-likeness (QED) is 0.819. The number of benzene rings is 1. The van der Waals surface area contributed by atoms with Crippen molar-refractivity contribution in [1.29, 1.82) is 0 Å². The lowest BCUT2D eigenvalue weighted by Gasteiger charge is -2.32. The van der Waals surface area contributed by atoms with E-state index in [-0.39, 0.29) is 17.2 Å². The van der Waals surface area contributed by atoms with Crippen molar-refractivity contribution in [3.8, 4) is 0 Å². The van der Waals surface area contributed by atoms with Gasteiger partial charge >= 0.3 is 0 Å². The SMILES string of the molecule is CCOCCC(=O)Nc1ccc2c(c1)NC(=O)CC2(C)C. The Morgan fingerprint density at radius 2 is 2.19 bits per heavy atom. The van der Waals surface area contributed by atoms with Gasteiger partial charge in [0.1, 0.15) is 0 Å². The molecule has 0 unspecified atom stereocenters. The second kappa shape index (κ2) is 6.26. The van der Waals surface area contributed by atoms with Gasteiger partial charge in [0, 0.05) is 29.8 Å². The number of fused-ring (bicyclic) bond motifs is 1. The maximum atomic E-state index is 11.8. The Hall–Kier alpha value is -1.88. The van der Waals surface area contributed by atoms with Crippen LogP contribution in [0.3, 0.4) is 0 Å². The van der Waals surface area contributed by atoms with Crippen LogP contribution >= 0.6 is 0 Å². The minimum absolute atomic E-state index is 0.00678. The summed E-state index contributed by atoms with van der Waals surface area (Å²) in [6.07, 6.45) is 0.794. The highest BCUT2D eigenvalue weighted by molar-refractivity contribution is 5.97. The van der Waals surface area contributed by atoms with Gasteiger partial charge in [-0.2, -0.15) is 0 Å². The number of nitrogens with one attached hydrogen (secondary N) is 2. The molecule has 0 aliphatic carbocycles. The van der Waals surface area contributed by atoms with Crippen LogP contribution in [0.1, 0.15) is 39.2 Å². The number of anilines is 2. The predicted octanol–water partition coefficient (Wildman–Crippen LogP) is 2.67. The lowest BCUT2D eigenvalue weighted by Crippen LogP contribution is -2.32. The Balaban J connectivity index is 2.09. The Morgan fingerprint density at radius 1 is 1.43 bits per heavy atom. The maximum Gasteiger partial charge on any atom is 0.226 e. The molecule has 1 aromatic rings. The van der Waals surface area contributed by atoms with Crippen LogP contribution in [0.15, 0.2) is 18.2 Å². The summed E-state index contributed by atoms with van der Waals surface area (Å²) in [7, 11) is 0. The van der Waals surface area contributed by atoms with Gasteiger partial charge in [0.05, 0.1) is 13.0 Å². The Bertz CT molecular complexity index is 552. The van der Waals surface area contributed by atoms with Crippen molar-refractivity contribution < 1.29 is 14.3 Å². The number of hydrogen-bond acceptors (Lipinski definition) is 3. The minimum atomic E-state index is -0.185. The lowest BCUT2D eigenvalue weighted by atomic mass is 9.78. The molecule has 0 saturated heterocycles. The summed E-state index contributed by atoms with van der Waals surface area (Å²) < 4.78 is 5.16. The number of hydrogen-bond donors (Lipinski definition) is 2. The smallest absolute Gasteiger partial charge is 0.226 e. The first-order valence-electron chi connectivity index (χ1n) is 7.24. The monoisotopic (exact) mass is 290 g/mol. The number of amides is 2. The molecular weight excluding hydrogens is 268 g/mol. The average Bonchev–Trinajstić information content (AvgIpc) is 2.37. The van der Waals surface area contributed by atoms with E-state index in [0.717, 1.165) is 11.3 Å². The number of ether oxygens (including phenoxy) is 1. The molecule has 0 saturated carbocycles. The molecular formula is C16H22N2O3. The molecule has 2 rings (SSSR count). The fraction of sp³-hybridized carbons (Fsp3) is 0.500. The molecule has 0 radical (unpaired) electrons. The van der Waals surface area contributed by atoms with E-state index in [1.807, 2.05) is 39.0 Å². The zero-order chi connectivity index (χ0) is 15.5. The molecule has 0 atom stereocenters. The standard InChI is InChI=1S/C16H22N2O3/c1-4-21-8-7-14(19)17-11-5-6-12-13(9-11)18-15(20)10-16(12,2)3/h5-6,9H,4,7-8,10H2,1-3H3,(H,17,19)(H,18,20). The summed E-state index contributed by atoms with van der Waals surface area (Å²) in [6.45, 7) is 7.01. The van der Waals surface area contributed by atoms with Crippen molar-refractivity contribution in [3.63, 3.8) is 0 Å². The molecule has 0 spiro atoms. The van der Waals surface area contributed by atoms with Crippen LogP contribution in [-0.4, -0.2) is 25.0 Å². The first-order chi connectivity index (χ1) is 9.92. The van der Waals surface area contributed by atoms with Crippen molar-refractivity contribution in [3.05, 3.63) is 23.8 Å².